The van der Waals surface area contributed by atoms with E-state index >= 15 is 4.57 Å². The lowest BCUT2D eigenvalue weighted by atomic mass is 10.0. The van der Waals surface area contributed by atoms with Crippen LogP contribution in [0.4, 0.5) is 0 Å². The molecule has 0 unspecified atom stereocenters. The Hall–Kier alpha value is -4.98. The van der Waals surface area contributed by atoms with Gasteiger partial charge in [-0.2, -0.15) is 0 Å². The molecule has 0 N–H and O–H groups in total. The molecule has 0 atom stereocenters. The van der Waals surface area contributed by atoms with Gasteiger partial charge in [0.1, 0.15) is 5.65 Å². The number of fused-ring (bicyclic) bond motifs is 8. The van der Waals surface area contributed by atoms with Crippen LogP contribution in [0.15, 0.2) is 152 Å². The summed E-state index contributed by atoms with van der Waals surface area (Å²) in [6.45, 7) is 0. The van der Waals surface area contributed by atoms with E-state index < -0.39 is 7.14 Å². The number of aromatic nitrogens is 2. The number of benzene rings is 6. The van der Waals surface area contributed by atoms with E-state index in [1.165, 1.54) is 10.9 Å². The normalized spacial score (nSPS) is 12.0. The van der Waals surface area contributed by atoms with Gasteiger partial charge >= 0.3 is 0 Å². The van der Waals surface area contributed by atoms with Crippen LogP contribution in [0.25, 0.3) is 49.5 Å². The Morgan fingerprint density at radius 3 is 1.76 bits per heavy atom. The van der Waals surface area contributed by atoms with Gasteiger partial charge in [0.15, 0.2) is 7.14 Å². The van der Waals surface area contributed by atoms with Crippen LogP contribution in [-0.4, -0.2) is 9.38 Å². The van der Waals surface area contributed by atoms with Gasteiger partial charge in [-0.1, -0.05) is 127 Å². The van der Waals surface area contributed by atoms with E-state index in [9.17, 15) is 0 Å². The van der Waals surface area contributed by atoms with E-state index in [1.807, 2.05) is 78.9 Å². The molecular formula is C37H25N2OP. The molecule has 194 valence electrons. The quantitative estimate of drug-likeness (QED) is 0.166. The molecule has 0 radical (unpaired) electrons. The molecule has 2 aromatic heterocycles. The summed E-state index contributed by atoms with van der Waals surface area (Å²) in [5.41, 5.74) is 6.12. The molecule has 0 fully saturated rings. The molecule has 3 nitrogen and oxygen atoms in total. The summed E-state index contributed by atoms with van der Waals surface area (Å²) >= 11 is 0. The molecule has 0 spiro atoms. The van der Waals surface area contributed by atoms with Gasteiger partial charge in [-0.25, -0.2) is 4.98 Å². The van der Waals surface area contributed by atoms with Crippen molar-refractivity contribution in [3.05, 3.63) is 152 Å². The van der Waals surface area contributed by atoms with Gasteiger partial charge < -0.3 is 4.57 Å². The summed E-state index contributed by atoms with van der Waals surface area (Å²) in [5.74, 6) is 0. The SMILES string of the molecule is O=P(c1ccccc1)(c1ccccc1)c1ccc2nc3c4ccccc4c4ccc(-c5ccccc5)cc4n3c2c1. The molecule has 41 heavy (non-hydrogen) atoms. The number of imidazole rings is 1. The van der Waals surface area contributed by atoms with Crippen LogP contribution in [0.3, 0.4) is 0 Å². The van der Waals surface area contributed by atoms with Crippen molar-refractivity contribution >= 4 is 61.4 Å². The fourth-order valence-electron chi connectivity index (χ4n) is 6.07. The molecule has 0 aliphatic carbocycles. The molecule has 6 aromatic carbocycles. The molecule has 0 aliphatic rings. The zero-order valence-corrected chi connectivity index (χ0v) is 23.1. The first-order valence-electron chi connectivity index (χ1n) is 13.8. The highest BCUT2D eigenvalue weighted by Gasteiger charge is 2.30. The minimum Gasteiger partial charge on any atom is -0.309 e. The van der Waals surface area contributed by atoms with Crippen LogP contribution in [0, 0.1) is 0 Å². The summed E-state index contributed by atoms with van der Waals surface area (Å²) in [7, 11) is -3.14. The average molecular weight is 545 g/mol. The van der Waals surface area contributed by atoms with Gasteiger partial charge in [0.25, 0.3) is 0 Å². The lowest BCUT2D eigenvalue weighted by molar-refractivity contribution is 0.592. The van der Waals surface area contributed by atoms with E-state index in [0.29, 0.717) is 0 Å². The standard InChI is InChI=1S/C37H25N2OP/c40-41(28-14-6-2-7-15-28,29-16-8-3-9-17-29)30-21-23-34-36(25-30)39-35-24-27(26-12-4-1-5-13-26)20-22-32(35)31-18-10-11-19-33(31)37(39)38-34/h1-25H. The largest absolute Gasteiger partial charge is 0.309 e. The lowest BCUT2D eigenvalue weighted by Crippen LogP contribution is -2.24. The molecular weight excluding hydrogens is 519 g/mol. The molecule has 8 aromatic rings. The van der Waals surface area contributed by atoms with Crippen molar-refractivity contribution in [2.24, 2.45) is 0 Å². The van der Waals surface area contributed by atoms with Crippen LogP contribution in [0.1, 0.15) is 0 Å². The predicted octanol–water partition coefficient (Wildman–Crippen LogP) is 8.10. The molecule has 8 rings (SSSR count). The zero-order valence-electron chi connectivity index (χ0n) is 22.2. The van der Waals surface area contributed by atoms with Crippen molar-refractivity contribution in [3.8, 4) is 11.1 Å². The second kappa shape index (κ2) is 9.30. The van der Waals surface area contributed by atoms with E-state index in [2.05, 4.69) is 77.2 Å². The zero-order chi connectivity index (χ0) is 27.4. The van der Waals surface area contributed by atoms with Crippen LogP contribution >= 0.6 is 7.14 Å². The third-order valence-corrected chi connectivity index (χ3v) is 11.1. The lowest BCUT2D eigenvalue weighted by Gasteiger charge is -2.20. The van der Waals surface area contributed by atoms with E-state index in [-0.39, 0.29) is 0 Å². The Morgan fingerprint density at radius 1 is 0.463 bits per heavy atom. The van der Waals surface area contributed by atoms with Gasteiger partial charge in [0, 0.05) is 26.7 Å². The maximum atomic E-state index is 15.2. The van der Waals surface area contributed by atoms with Gasteiger partial charge in [-0.15, -0.1) is 0 Å². The predicted molar refractivity (Wildman–Crippen MR) is 173 cm³/mol. The van der Waals surface area contributed by atoms with Gasteiger partial charge in [0.05, 0.1) is 16.6 Å². The Kier molecular flexibility index (Phi) is 5.41. The van der Waals surface area contributed by atoms with Crippen LogP contribution in [0.5, 0.6) is 0 Å². The monoisotopic (exact) mass is 544 g/mol. The van der Waals surface area contributed by atoms with Crippen molar-refractivity contribution in [1.29, 1.82) is 0 Å². The summed E-state index contributed by atoms with van der Waals surface area (Å²) < 4.78 is 17.5. The van der Waals surface area contributed by atoms with Gasteiger partial charge in [-0.3, -0.25) is 4.40 Å². The Bertz CT molecular complexity index is 2230. The highest BCUT2D eigenvalue weighted by molar-refractivity contribution is 7.85. The second-order valence-corrected chi connectivity index (χ2v) is 13.1. The number of nitrogens with zero attached hydrogens (tertiary/aromatic N) is 2. The van der Waals surface area contributed by atoms with Crippen LogP contribution in [0.2, 0.25) is 0 Å². The van der Waals surface area contributed by atoms with E-state index in [1.54, 1.807) is 0 Å². The fraction of sp³-hybridized carbons (Fsp3) is 0. The second-order valence-electron chi connectivity index (χ2n) is 10.4. The summed E-state index contributed by atoms with van der Waals surface area (Å²) in [6.07, 6.45) is 0. The van der Waals surface area contributed by atoms with Crippen molar-refractivity contribution in [2.75, 3.05) is 0 Å². The van der Waals surface area contributed by atoms with Gasteiger partial charge in [-0.05, 0) is 40.8 Å². The first-order valence-corrected chi connectivity index (χ1v) is 15.5. The van der Waals surface area contributed by atoms with Crippen molar-refractivity contribution < 1.29 is 4.57 Å². The molecule has 0 saturated heterocycles. The summed E-state index contributed by atoms with van der Waals surface area (Å²) in [4.78, 5) is 5.14. The van der Waals surface area contributed by atoms with Crippen LogP contribution < -0.4 is 15.9 Å². The number of hydrogen-bond acceptors (Lipinski definition) is 2. The van der Waals surface area contributed by atoms with Crippen molar-refractivity contribution in [2.45, 2.75) is 0 Å². The first kappa shape index (κ1) is 23.9. The minimum absolute atomic E-state index is 0.796. The minimum atomic E-state index is -3.14. The smallest absolute Gasteiger partial charge is 0.171 e. The Morgan fingerprint density at radius 2 is 1.07 bits per heavy atom. The number of hydrogen-bond donors (Lipinski definition) is 0. The highest BCUT2D eigenvalue weighted by atomic mass is 31.2. The average Bonchev–Trinajstić information content (AvgIpc) is 3.45. The molecule has 0 saturated carbocycles. The molecule has 0 amide bonds. The Balaban J connectivity index is 1.49. The topological polar surface area (TPSA) is 34.4 Å². The summed E-state index contributed by atoms with van der Waals surface area (Å²) in [5, 5.41) is 5.86. The third-order valence-electron chi connectivity index (χ3n) is 8.05. The van der Waals surface area contributed by atoms with Crippen molar-refractivity contribution in [1.82, 2.24) is 9.38 Å². The molecule has 0 aliphatic heterocycles. The third kappa shape index (κ3) is 3.67. The molecule has 2 heterocycles. The number of rotatable bonds is 4. The summed E-state index contributed by atoms with van der Waals surface area (Å²) in [6, 6.07) is 51.4. The fourth-order valence-corrected chi connectivity index (χ4v) is 8.74. The first-order chi connectivity index (χ1) is 20.2. The maximum Gasteiger partial charge on any atom is 0.171 e. The molecule has 4 heteroatoms. The Labute approximate surface area is 237 Å². The highest BCUT2D eigenvalue weighted by Crippen LogP contribution is 2.43. The van der Waals surface area contributed by atoms with E-state index in [0.717, 1.165) is 54.4 Å². The van der Waals surface area contributed by atoms with Crippen molar-refractivity contribution in [3.63, 3.8) is 0 Å². The maximum absolute atomic E-state index is 15.2. The van der Waals surface area contributed by atoms with Gasteiger partial charge in [0.2, 0.25) is 0 Å². The van der Waals surface area contributed by atoms with Crippen LogP contribution in [-0.2, 0) is 4.57 Å². The van der Waals surface area contributed by atoms with E-state index in [4.69, 9.17) is 4.98 Å². The molecule has 0 bridgehead atoms. The number of pyridine rings is 1.